The molecule has 0 spiro atoms. The topological polar surface area (TPSA) is 12.0 Å². The van der Waals surface area contributed by atoms with E-state index in [1.54, 1.807) is 25.1 Å². The summed E-state index contributed by atoms with van der Waals surface area (Å²) in [6, 6.07) is 10.6. The van der Waals surface area contributed by atoms with Crippen LogP contribution in [0.4, 0.5) is 8.78 Å². The molecular formula is C17H17F2N. The molecule has 1 nitrogen and oxygen atoms in total. The lowest BCUT2D eigenvalue weighted by Gasteiger charge is -2.08. The van der Waals surface area contributed by atoms with E-state index >= 15 is 0 Å². The van der Waals surface area contributed by atoms with E-state index in [1.807, 2.05) is 6.07 Å². The van der Waals surface area contributed by atoms with E-state index in [0.717, 1.165) is 5.56 Å². The SMILES string of the molecule is Cc1ccc(-c2ccc(CNC3CC3)cc2F)cc1F. The van der Waals surface area contributed by atoms with Crippen LogP contribution in [0, 0.1) is 18.6 Å². The van der Waals surface area contributed by atoms with Gasteiger partial charge in [-0.05, 0) is 48.6 Å². The Kier molecular flexibility index (Phi) is 3.53. The van der Waals surface area contributed by atoms with Crippen molar-refractivity contribution in [2.24, 2.45) is 0 Å². The molecule has 1 N–H and O–H groups in total. The Morgan fingerprint density at radius 3 is 2.50 bits per heavy atom. The van der Waals surface area contributed by atoms with E-state index < -0.39 is 0 Å². The summed E-state index contributed by atoms with van der Waals surface area (Å²) >= 11 is 0. The average Bonchev–Trinajstić information content (AvgIpc) is 3.24. The highest BCUT2D eigenvalue weighted by Gasteiger charge is 2.20. The van der Waals surface area contributed by atoms with Gasteiger partial charge in [-0.3, -0.25) is 0 Å². The van der Waals surface area contributed by atoms with Gasteiger partial charge in [-0.15, -0.1) is 0 Å². The predicted octanol–water partition coefficient (Wildman–Crippen LogP) is 4.19. The second-order valence-corrected chi connectivity index (χ2v) is 5.43. The van der Waals surface area contributed by atoms with E-state index in [-0.39, 0.29) is 11.6 Å². The van der Waals surface area contributed by atoms with Gasteiger partial charge in [0.2, 0.25) is 0 Å². The molecule has 0 aromatic heterocycles. The van der Waals surface area contributed by atoms with Crippen LogP contribution in [0.2, 0.25) is 0 Å². The summed E-state index contributed by atoms with van der Waals surface area (Å²) in [7, 11) is 0. The fourth-order valence-corrected chi connectivity index (χ4v) is 2.21. The van der Waals surface area contributed by atoms with Crippen molar-refractivity contribution in [1.82, 2.24) is 5.32 Å². The molecule has 3 heteroatoms. The highest BCUT2D eigenvalue weighted by atomic mass is 19.1. The molecule has 1 saturated carbocycles. The van der Waals surface area contributed by atoms with Gasteiger partial charge >= 0.3 is 0 Å². The minimum atomic E-state index is -0.304. The third-order valence-electron chi connectivity index (χ3n) is 3.69. The summed E-state index contributed by atoms with van der Waals surface area (Å²) in [4.78, 5) is 0. The van der Waals surface area contributed by atoms with Gasteiger partial charge in [0.1, 0.15) is 11.6 Å². The Labute approximate surface area is 117 Å². The van der Waals surface area contributed by atoms with Crippen molar-refractivity contribution >= 4 is 0 Å². The predicted molar refractivity (Wildman–Crippen MR) is 76.4 cm³/mol. The second kappa shape index (κ2) is 5.33. The number of benzene rings is 2. The van der Waals surface area contributed by atoms with Crippen molar-refractivity contribution in [3.05, 3.63) is 59.2 Å². The van der Waals surface area contributed by atoms with Crippen molar-refractivity contribution in [2.75, 3.05) is 0 Å². The molecule has 1 aliphatic rings. The zero-order valence-corrected chi connectivity index (χ0v) is 11.4. The lowest BCUT2D eigenvalue weighted by atomic mass is 10.0. The van der Waals surface area contributed by atoms with Crippen LogP contribution in [0.25, 0.3) is 11.1 Å². The second-order valence-electron chi connectivity index (χ2n) is 5.43. The summed E-state index contributed by atoms with van der Waals surface area (Å²) < 4.78 is 27.7. The maximum atomic E-state index is 14.2. The van der Waals surface area contributed by atoms with Crippen molar-refractivity contribution in [1.29, 1.82) is 0 Å². The largest absolute Gasteiger partial charge is 0.310 e. The van der Waals surface area contributed by atoms with Gasteiger partial charge in [0.05, 0.1) is 0 Å². The first-order valence-electron chi connectivity index (χ1n) is 6.92. The molecule has 104 valence electrons. The Bertz CT molecular complexity index is 633. The molecule has 20 heavy (non-hydrogen) atoms. The highest BCUT2D eigenvalue weighted by Crippen LogP contribution is 2.26. The summed E-state index contributed by atoms with van der Waals surface area (Å²) in [5.41, 5.74) is 2.51. The molecular weight excluding hydrogens is 256 g/mol. The van der Waals surface area contributed by atoms with E-state index in [9.17, 15) is 8.78 Å². The summed E-state index contributed by atoms with van der Waals surface area (Å²) in [5.74, 6) is -0.607. The Balaban J connectivity index is 1.83. The van der Waals surface area contributed by atoms with Gasteiger partial charge in [-0.25, -0.2) is 8.78 Å². The van der Waals surface area contributed by atoms with Crippen LogP contribution >= 0.6 is 0 Å². The molecule has 0 unspecified atom stereocenters. The molecule has 0 aliphatic heterocycles. The monoisotopic (exact) mass is 273 g/mol. The zero-order valence-electron chi connectivity index (χ0n) is 11.4. The average molecular weight is 273 g/mol. The van der Waals surface area contributed by atoms with Crippen molar-refractivity contribution in [3.8, 4) is 11.1 Å². The van der Waals surface area contributed by atoms with Crippen LogP contribution in [-0.2, 0) is 6.54 Å². The van der Waals surface area contributed by atoms with Gasteiger partial charge in [0, 0.05) is 18.2 Å². The van der Waals surface area contributed by atoms with Crippen LogP contribution in [0.5, 0.6) is 0 Å². The van der Waals surface area contributed by atoms with E-state index in [2.05, 4.69) is 5.32 Å². The number of rotatable bonds is 4. The molecule has 2 aromatic carbocycles. The number of aryl methyl sites for hydroxylation is 1. The molecule has 3 rings (SSSR count). The van der Waals surface area contributed by atoms with Crippen LogP contribution in [-0.4, -0.2) is 6.04 Å². The number of hydrogen-bond acceptors (Lipinski definition) is 1. The Morgan fingerprint density at radius 1 is 1.05 bits per heavy atom. The first kappa shape index (κ1) is 13.3. The van der Waals surface area contributed by atoms with E-state index in [4.69, 9.17) is 0 Å². The Hall–Kier alpha value is -1.74. The fourth-order valence-electron chi connectivity index (χ4n) is 2.21. The highest BCUT2D eigenvalue weighted by molar-refractivity contribution is 5.65. The van der Waals surface area contributed by atoms with Gasteiger partial charge < -0.3 is 5.32 Å². The number of hydrogen-bond donors (Lipinski definition) is 1. The third kappa shape index (κ3) is 2.88. The first-order valence-corrected chi connectivity index (χ1v) is 6.92. The number of halogens is 2. The molecule has 0 amide bonds. The van der Waals surface area contributed by atoms with Crippen molar-refractivity contribution in [3.63, 3.8) is 0 Å². The normalized spacial score (nSPS) is 14.6. The fraction of sp³-hybridized carbons (Fsp3) is 0.294. The quantitative estimate of drug-likeness (QED) is 0.880. The smallest absolute Gasteiger partial charge is 0.131 e. The van der Waals surface area contributed by atoms with Gasteiger partial charge in [-0.2, -0.15) is 0 Å². The maximum Gasteiger partial charge on any atom is 0.131 e. The minimum Gasteiger partial charge on any atom is -0.310 e. The van der Waals surface area contributed by atoms with E-state index in [0.29, 0.717) is 29.3 Å². The van der Waals surface area contributed by atoms with Gasteiger partial charge in [0.15, 0.2) is 0 Å². The summed E-state index contributed by atoms with van der Waals surface area (Å²) in [5, 5.41) is 3.35. The van der Waals surface area contributed by atoms with Crippen LogP contribution in [0.15, 0.2) is 36.4 Å². The molecule has 0 atom stereocenters. The Morgan fingerprint density at radius 2 is 1.85 bits per heavy atom. The van der Waals surface area contributed by atoms with Gasteiger partial charge in [-0.1, -0.05) is 24.3 Å². The summed E-state index contributed by atoms with van der Waals surface area (Å²) in [6.07, 6.45) is 2.42. The number of nitrogens with one attached hydrogen (secondary N) is 1. The molecule has 1 aliphatic carbocycles. The maximum absolute atomic E-state index is 14.2. The van der Waals surface area contributed by atoms with E-state index in [1.165, 1.54) is 25.0 Å². The molecule has 2 aromatic rings. The van der Waals surface area contributed by atoms with Gasteiger partial charge in [0.25, 0.3) is 0 Å². The standard InChI is InChI=1S/C17H17F2N/c1-11-2-4-13(9-16(11)18)15-7-3-12(8-17(15)19)10-20-14-5-6-14/h2-4,7-9,14,20H,5-6,10H2,1H3. The molecule has 0 heterocycles. The lowest BCUT2D eigenvalue weighted by Crippen LogP contribution is -2.15. The lowest BCUT2D eigenvalue weighted by molar-refractivity contribution is 0.615. The molecule has 0 bridgehead atoms. The van der Waals surface area contributed by atoms with Crippen LogP contribution < -0.4 is 5.32 Å². The van der Waals surface area contributed by atoms with Crippen LogP contribution in [0.3, 0.4) is 0 Å². The molecule has 0 saturated heterocycles. The molecule has 0 radical (unpaired) electrons. The van der Waals surface area contributed by atoms with Crippen molar-refractivity contribution < 1.29 is 8.78 Å². The van der Waals surface area contributed by atoms with Crippen LogP contribution in [0.1, 0.15) is 24.0 Å². The van der Waals surface area contributed by atoms with Crippen molar-refractivity contribution in [2.45, 2.75) is 32.4 Å². The zero-order chi connectivity index (χ0) is 14.1. The third-order valence-corrected chi connectivity index (χ3v) is 3.69. The first-order chi connectivity index (χ1) is 9.63. The minimum absolute atomic E-state index is 0.302. The molecule has 1 fully saturated rings. The summed E-state index contributed by atoms with van der Waals surface area (Å²) in [6.45, 7) is 2.38.